The summed E-state index contributed by atoms with van der Waals surface area (Å²) in [6.07, 6.45) is 2.05. The SMILES string of the molecule is C=CNC(=O)/C=C(\N)O. The van der Waals surface area contributed by atoms with E-state index in [0.717, 1.165) is 6.08 Å². The first kappa shape index (κ1) is 7.55. The van der Waals surface area contributed by atoms with Gasteiger partial charge in [-0.1, -0.05) is 6.58 Å². The predicted molar refractivity (Wildman–Crippen MR) is 33.2 cm³/mol. The van der Waals surface area contributed by atoms with Crippen LogP contribution in [0, 0.1) is 0 Å². The molecule has 0 aliphatic carbocycles. The maximum absolute atomic E-state index is 10.4. The molecule has 50 valence electrons. The van der Waals surface area contributed by atoms with Crippen LogP contribution in [0.3, 0.4) is 0 Å². The third kappa shape index (κ3) is 4.40. The van der Waals surface area contributed by atoms with Crippen LogP contribution in [0.4, 0.5) is 0 Å². The predicted octanol–water partition coefficient (Wildman–Crippen LogP) is -0.396. The molecule has 0 spiro atoms. The number of aliphatic hydroxyl groups is 1. The average Bonchev–Trinajstić information content (AvgIpc) is 1.63. The van der Waals surface area contributed by atoms with E-state index in [-0.39, 0.29) is 0 Å². The number of hydrogen-bond donors (Lipinski definition) is 3. The van der Waals surface area contributed by atoms with Gasteiger partial charge in [-0.05, 0) is 6.20 Å². The Morgan fingerprint density at radius 1 is 1.78 bits per heavy atom. The van der Waals surface area contributed by atoms with Crippen molar-refractivity contribution in [2.45, 2.75) is 0 Å². The van der Waals surface area contributed by atoms with Gasteiger partial charge in [-0.15, -0.1) is 0 Å². The lowest BCUT2D eigenvalue weighted by molar-refractivity contribution is -0.115. The summed E-state index contributed by atoms with van der Waals surface area (Å²) in [7, 11) is 0. The van der Waals surface area contributed by atoms with E-state index in [1.807, 2.05) is 0 Å². The highest BCUT2D eigenvalue weighted by Gasteiger charge is 1.90. The Hall–Kier alpha value is -1.45. The molecule has 0 radical (unpaired) electrons. The van der Waals surface area contributed by atoms with Gasteiger partial charge in [0.15, 0.2) is 5.88 Å². The minimum atomic E-state index is -0.519. The second-order valence-corrected chi connectivity index (χ2v) is 1.28. The van der Waals surface area contributed by atoms with Crippen LogP contribution in [0.2, 0.25) is 0 Å². The number of amides is 1. The zero-order chi connectivity index (χ0) is 7.28. The largest absolute Gasteiger partial charge is 0.495 e. The van der Waals surface area contributed by atoms with Crippen LogP contribution >= 0.6 is 0 Å². The van der Waals surface area contributed by atoms with Crippen molar-refractivity contribution in [3.8, 4) is 0 Å². The van der Waals surface area contributed by atoms with Gasteiger partial charge in [-0.2, -0.15) is 0 Å². The van der Waals surface area contributed by atoms with Gasteiger partial charge in [0, 0.05) is 0 Å². The number of aliphatic hydroxyl groups excluding tert-OH is 1. The van der Waals surface area contributed by atoms with Crippen molar-refractivity contribution >= 4 is 5.91 Å². The summed E-state index contributed by atoms with van der Waals surface area (Å²) in [6, 6.07) is 0. The fourth-order valence-corrected chi connectivity index (χ4v) is 0.277. The summed E-state index contributed by atoms with van der Waals surface area (Å²) in [5.41, 5.74) is 4.75. The Morgan fingerprint density at radius 2 is 2.33 bits per heavy atom. The maximum atomic E-state index is 10.4. The molecule has 4 heteroatoms. The molecule has 0 unspecified atom stereocenters. The fraction of sp³-hybridized carbons (Fsp3) is 0. The molecule has 0 aromatic rings. The standard InChI is InChI=1S/C5H8N2O2/c1-2-7-5(9)3-4(6)8/h2-3,8H,1,6H2,(H,7,9)/b4-3+. The molecular formula is C5H8N2O2. The minimum absolute atomic E-state index is 0.495. The molecule has 0 fully saturated rings. The topological polar surface area (TPSA) is 75.4 Å². The normalized spacial score (nSPS) is 10.4. The summed E-state index contributed by atoms with van der Waals surface area (Å²) in [4.78, 5) is 10.4. The number of rotatable bonds is 2. The van der Waals surface area contributed by atoms with E-state index in [4.69, 9.17) is 10.8 Å². The van der Waals surface area contributed by atoms with Crippen molar-refractivity contribution < 1.29 is 9.90 Å². The first-order valence-corrected chi connectivity index (χ1v) is 2.24. The van der Waals surface area contributed by atoms with Crippen molar-refractivity contribution in [2.75, 3.05) is 0 Å². The van der Waals surface area contributed by atoms with E-state index in [1.54, 1.807) is 0 Å². The molecule has 0 aliphatic rings. The van der Waals surface area contributed by atoms with Gasteiger partial charge < -0.3 is 16.2 Å². The minimum Gasteiger partial charge on any atom is -0.495 e. The van der Waals surface area contributed by atoms with E-state index >= 15 is 0 Å². The van der Waals surface area contributed by atoms with Crippen molar-refractivity contribution in [3.05, 3.63) is 24.7 Å². The molecule has 0 atom stereocenters. The molecule has 0 aliphatic heterocycles. The number of hydrogen-bond acceptors (Lipinski definition) is 3. The molecule has 0 aromatic heterocycles. The maximum Gasteiger partial charge on any atom is 0.253 e. The molecular weight excluding hydrogens is 120 g/mol. The zero-order valence-corrected chi connectivity index (χ0v) is 4.79. The van der Waals surface area contributed by atoms with E-state index in [1.165, 1.54) is 6.20 Å². The quantitative estimate of drug-likeness (QED) is 0.350. The Bertz CT molecular complexity index is 147. The van der Waals surface area contributed by atoms with E-state index < -0.39 is 11.8 Å². The van der Waals surface area contributed by atoms with Crippen LogP contribution < -0.4 is 11.1 Å². The third-order valence-electron chi connectivity index (χ3n) is 0.523. The van der Waals surface area contributed by atoms with E-state index in [9.17, 15) is 4.79 Å². The number of carbonyl (C=O) groups excluding carboxylic acids is 1. The highest BCUT2D eigenvalue weighted by atomic mass is 16.3. The van der Waals surface area contributed by atoms with Crippen LogP contribution in [0.1, 0.15) is 0 Å². The lowest BCUT2D eigenvalue weighted by atomic mass is 10.5. The Kier molecular flexibility index (Phi) is 2.97. The summed E-state index contributed by atoms with van der Waals surface area (Å²) >= 11 is 0. The highest BCUT2D eigenvalue weighted by Crippen LogP contribution is 1.74. The van der Waals surface area contributed by atoms with Crippen molar-refractivity contribution in [2.24, 2.45) is 5.73 Å². The lowest BCUT2D eigenvalue weighted by Gasteiger charge is -1.90. The second-order valence-electron chi connectivity index (χ2n) is 1.28. The van der Waals surface area contributed by atoms with Gasteiger partial charge in [-0.25, -0.2) is 0 Å². The highest BCUT2D eigenvalue weighted by molar-refractivity contribution is 5.88. The lowest BCUT2D eigenvalue weighted by Crippen LogP contribution is -2.15. The Labute approximate surface area is 52.7 Å². The van der Waals surface area contributed by atoms with E-state index in [2.05, 4.69) is 11.9 Å². The molecule has 0 heterocycles. The summed E-state index contributed by atoms with van der Waals surface area (Å²) < 4.78 is 0. The van der Waals surface area contributed by atoms with Gasteiger partial charge in [0.05, 0.1) is 6.08 Å². The third-order valence-corrected chi connectivity index (χ3v) is 0.523. The van der Waals surface area contributed by atoms with Gasteiger partial charge in [0.2, 0.25) is 0 Å². The van der Waals surface area contributed by atoms with Crippen LogP contribution in [0.15, 0.2) is 24.7 Å². The number of nitrogens with one attached hydrogen (secondary N) is 1. The monoisotopic (exact) mass is 128 g/mol. The molecule has 4 N–H and O–H groups in total. The summed E-state index contributed by atoms with van der Waals surface area (Å²) in [5, 5.41) is 10.5. The van der Waals surface area contributed by atoms with Crippen LogP contribution in [-0.2, 0) is 4.79 Å². The van der Waals surface area contributed by atoms with Gasteiger partial charge in [-0.3, -0.25) is 4.79 Å². The van der Waals surface area contributed by atoms with Gasteiger partial charge in [0.25, 0.3) is 5.91 Å². The van der Waals surface area contributed by atoms with Crippen molar-refractivity contribution in [1.29, 1.82) is 0 Å². The molecule has 0 aromatic carbocycles. The zero-order valence-electron chi connectivity index (χ0n) is 4.79. The number of nitrogens with two attached hydrogens (primary N) is 1. The van der Waals surface area contributed by atoms with Crippen molar-refractivity contribution in [1.82, 2.24) is 5.32 Å². The molecule has 4 nitrogen and oxygen atoms in total. The Morgan fingerprint density at radius 3 is 2.67 bits per heavy atom. The Balaban J connectivity index is 3.76. The van der Waals surface area contributed by atoms with Gasteiger partial charge in [0.1, 0.15) is 0 Å². The molecule has 9 heavy (non-hydrogen) atoms. The van der Waals surface area contributed by atoms with Gasteiger partial charge >= 0.3 is 0 Å². The number of carbonyl (C=O) groups is 1. The first-order valence-electron chi connectivity index (χ1n) is 2.24. The average molecular weight is 128 g/mol. The molecule has 1 amide bonds. The second kappa shape index (κ2) is 3.54. The van der Waals surface area contributed by atoms with E-state index in [0.29, 0.717) is 0 Å². The molecule has 0 rings (SSSR count). The van der Waals surface area contributed by atoms with Crippen molar-refractivity contribution in [3.63, 3.8) is 0 Å². The molecule has 0 bridgehead atoms. The molecule has 0 saturated heterocycles. The summed E-state index contributed by atoms with van der Waals surface area (Å²) in [6.45, 7) is 3.22. The smallest absolute Gasteiger partial charge is 0.253 e. The fourth-order valence-electron chi connectivity index (χ4n) is 0.277. The first-order chi connectivity index (χ1) is 4.16. The van der Waals surface area contributed by atoms with Crippen LogP contribution in [0.5, 0.6) is 0 Å². The summed E-state index contributed by atoms with van der Waals surface area (Å²) in [5.74, 6) is -1.01. The van der Waals surface area contributed by atoms with Crippen LogP contribution in [-0.4, -0.2) is 11.0 Å². The molecule has 0 saturated carbocycles. The van der Waals surface area contributed by atoms with Crippen LogP contribution in [0.25, 0.3) is 0 Å².